The molecule has 16 heavy (non-hydrogen) atoms. The van der Waals surface area contributed by atoms with Gasteiger partial charge >= 0.3 is 0 Å². The molecule has 0 aromatic carbocycles. The van der Waals surface area contributed by atoms with Crippen LogP contribution < -0.4 is 10.1 Å². The number of aromatic nitrogens is 1. The van der Waals surface area contributed by atoms with Gasteiger partial charge in [-0.25, -0.2) is 0 Å². The van der Waals surface area contributed by atoms with Crippen LogP contribution in [0.4, 0.5) is 5.82 Å². The molecule has 4 nitrogen and oxygen atoms in total. The number of pyridine rings is 1. The second kappa shape index (κ2) is 7.06. The van der Waals surface area contributed by atoms with Gasteiger partial charge < -0.3 is 15.2 Å². The zero-order chi connectivity index (χ0) is 11.8. The molecule has 0 aliphatic rings. The first-order valence-electron chi connectivity index (χ1n) is 5.70. The number of aliphatic hydroxyl groups is 1. The number of nitrogens with zero attached hydrogens (tertiary/aromatic N) is 1. The van der Waals surface area contributed by atoms with E-state index in [4.69, 9.17) is 9.84 Å². The lowest BCUT2D eigenvalue weighted by atomic mass is 10.1. The van der Waals surface area contributed by atoms with Crippen LogP contribution in [-0.4, -0.2) is 29.8 Å². The fourth-order valence-electron chi connectivity index (χ4n) is 1.34. The van der Waals surface area contributed by atoms with E-state index >= 15 is 0 Å². The quantitative estimate of drug-likeness (QED) is 0.743. The lowest BCUT2D eigenvalue weighted by Crippen LogP contribution is -2.13. The van der Waals surface area contributed by atoms with Crippen molar-refractivity contribution in [2.75, 3.05) is 25.1 Å². The summed E-state index contributed by atoms with van der Waals surface area (Å²) < 4.78 is 5.31. The van der Waals surface area contributed by atoms with Crippen molar-refractivity contribution in [2.45, 2.75) is 20.3 Å². The topological polar surface area (TPSA) is 54.4 Å². The monoisotopic (exact) mass is 224 g/mol. The smallest absolute Gasteiger partial charge is 0.215 e. The molecule has 0 radical (unpaired) electrons. The molecule has 0 saturated heterocycles. The Bertz CT molecular complexity index is 305. The summed E-state index contributed by atoms with van der Waals surface area (Å²) in [5.74, 6) is 1.89. The lowest BCUT2D eigenvalue weighted by Gasteiger charge is -2.12. The van der Waals surface area contributed by atoms with Crippen molar-refractivity contribution in [3.63, 3.8) is 0 Å². The van der Waals surface area contributed by atoms with Crippen molar-refractivity contribution in [1.82, 2.24) is 4.98 Å². The highest BCUT2D eigenvalue weighted by atomic mass is 16.5. The van der Waals surface area contributed by atoms with Crippen LogP contribution in [0.15, 0.2) is 18.2 Å². The van der Waals surface area contributed by atoms with E-state index in [0.717, 1.165) is 18.8 Å². The molecule has 0 saturated carbocycles. The third-order valence-corrected chi connectivity index (χ3v) is 2.27. The van der Waals surface area contributed by atoms with Crippen LogP contribution in [0.1, 0.15) is 20.3 Å². The van der Waals surface area contributed by atoms with Gasteiger partial charge in [0.05, 0.1) is 6.61 Å². The van der Waals surface area contributed by atoms with Gasteiger partial charge in [0, 0.05) is 19.2 Å². The van der Waals surface area contributed by atoms with Gasteiger partial charge in [0.25, 0.3) is 0 Å². The number of rotatable bonds is 7. The Balaban J connectivity index is 2.44. The molecule has 0 bridgehead atoms. The Kier molecular flexibility index (Phi) is 5.64. The predicted octanol–water partition coefficient (Wildman–Crippen LogP) is 1.91. The summed E-state index contributed by atoms with van der Waals surface area (Å²) in [5.41, 5.74) is 0. The first-order chi connectivity index (χ1) is 7.76. The van der Waals surface area contributed by atoms with E-state index in [-0.39, 0.29) is 6.61 Å². The number of nitrogens with one attached hydrogen (secondary N) is 1. The fourth-order valence-corrected chi connectivity index (χ4v) is 1.34. The third kappa shape index (κ3) is 4.49. The first kappa shape index (κ1) is 12.8. The summed E-state index contributed by atoms with van der Waals surface area (Å²) in [4.78, 5) is 4.30. The van der Waals surface area contributed by atoms with Crippen LogP contribution in [0.25, 0.3) is 0 Å². The van der Waals surface area contributed by atoms with E-state index in [2.05, 4.69) is 17.2 Å². The highest BCUT2D eigenvalue weighted by Crippen LogP contribution is 2.12. The normalized spacial score (nSPS) is 12.2. The average Bonchev–Trinajstić information content (AvgIpc) is 2.28. The first-order valence-corrected chi connectivity index (χ1v) is 5.70. The summed E-state index contributed by atoms with van der Waals surface area (Å²) in [5, 5.41) is 12.0. The highest BCUT2D eigenvalue weighted by Gasteiger charge is 2.02. The van der Waals surface area contributed by atoms with E-state index in [1.165, 1.54) is 0 Å². The molecular formula is C12H20N2O2. The Hall–Kier alpha value is -1.29. The molecular weight excluding hydrogens is 204 g/mol. The van der Waals surface area contributed by atoms with Gasteiger partial charge in [-0.2, -0.15) is 4.98 Å². The van der Waals surface area contributed by atoms with E-state index in [9.17, 15) is 0 Å². The second-order valence-electron chi connectivity index (χ2n) is 3.79. The van der Waals surface area contributed by atoms with Crippen molar-refractivity contribution in [1.29, 1.82) is 0 Å². The van der Waals surface area contributed by atoms with E-state index < -0.39 is 0 Å². The molecule has 1 atom stereocenters. The number of anilines is 1. The number of hydrogen-bond donors (Lipinski definition) is 2. The summed E-state index contributed by atoms with van der Waals surface area (Å²) in [7, 11) is 0. The van der Waals surface area contributed by atoms with E-state index in [1.807, 2.05) is 25.1 Å². The summed E-state index contributed by atoms with van der Waals surface area (Å²) in [6, 6.07) is 5.66. The molecule has 1 unspecified atom stereocenters. The SMILES string of the molecule is CCOc1cccc(NCC(C)CCO)n1. The summed E-state index contributed by atoms with van der Waals surface area (Å²) in [6.07, 6.45) is 0.804. The molecule has 0 fully saturated rings. The van der Waals surface area contributed by atoms with Gasteiger partial charge in [-0.15, -0.1) is 0 Å². The van der Waals surface area contributed by atoms with Gasteiger partial charge in [-0.1, -0.05) is 13.0 Å². The van der Waals surface area contributed by atoms with Crippen molar-refractivity contribution in [3.05, 3.63) is 18.2 Å². The van der Waals surface area contributed by atoms with Crippen LogP contribution in [-0.2, 0) is 0 Å². The van der Waals surface area contributed by atoms with Gasteiger partial charge in [0.15, 0.2) is 0 Å². The second-order valence-corrected chi connectivity index (χ2v) is 3.79. The van der Waals surface area contributed by atoms with E-state index in [0.29, 0.717) is 18.4 Å². The summed E-state index contributed by atoms with van der Waals surface area (Å²) >= 11 is 0. The van der Waals surface area contributed by atoms with Crippen LogP contribution in [0.3, 0.4) is 0 Å². The standard InChI is InChI=1S/C12H20N2O2/c1-3-16-12-6-4-5-11(14-12)13-9-10(2)7-8-15/h4-6,10,15H,3,7-9H2,1-2H3,(H,13,14). The molecule has 1 aromatic heterocycles. The molecule has 0 amide bonds. The predicted molar refractivity (Wildman–Crippen MR) is 64.8 cm³/mol. The van der Waals surface area contributed by atoms with Crippen molar-refractivity contribution in [2.24, 2.45) is 5.92 Å². The van der Waals surface area contributed by atoms with Crippen molar-refractivity contribution in [3.8, 4) is 5.88 Å². The Morgan fingerprint density at radius 3 is 3.00 bits per heavy atom. The molecule has 0 aliphatic carbocycles. The zero-order valence-electron chi connectivity index (χ0n) is 9.94. The minimum absolute atomic E-state index is 0.231. The van der Waals surface area contributed by atoms with Crippen molar-refractivity contribution >= 4 is 5.82 Å². The van der Waals surface area contributed by atoms with Crippen molar-refractivity contribution < 1.29 is 9.84 Å². The van der Waals surface area contributed by atoms with Crippen LogP contribution in [0.5, 0.6) is 5.88 Å². The Morgan fingerprint density at radius 2 is 2.31 bits per heavy atom. The maximum atomic E-state index is 8.78. The number of ether oxygens (including phenoxy) is 1. The molecule has 2 N–H and O–H groups in total. The maximum absolute atomic E-state index is 8.78. The molecule has 1 heterocycles. The summed E-state index contributed by atoms with van der Waals surface area (Å²) in [6.45, 7) is 5.69. The van der Waals surface area contributed by atoms with Crippen LogP contribution >= 0.6 is 0 Å². The van der Waals surface area contributed by atoms with E-state index in [1.54, 1.807) is 0 Å². The van der Waals surface area contributed by atoms with Crippen LogP contribution in [0.2, 0.25) is 0 Å². The molecule has 1 aromatic rings. The largest absolute Gasteiger partial charge is 0.478 e. The number of hydrogen-bond acceptors (Lipinski definition) is 4. The zero-order valence-corrected chi connectivity index (χ0v) is 9.94. The third-order valence-electron chi connectivity index (χ3n) is 2.27. The number of aliphatic hydroxyl groups excluding tert-OH is 1. The Labute approximate surface area is 96.7 Å². The molecule has 0 aliphatic heterocycles. The van der Waals surface area contributed by atoms with Gasteiger partial charge in [0.2, 0.25) is 5.88 Å². The van der Waals surface area contributed by atoms with Gasteiger partial charge in [-0.05, 0) is 25.3 Å². The van der Waals surface area contributed by atoms with Gasteiger partial charge in [-0.3, -0.25) is 0 Å². The minimum Gasteiger partial charge on any atom is -0.478 e. The van der Waals surface area contributed by atoms with Crippen LogP contribution in [0, 0.1) is 5.92 Å². The Morgan fingerprint density at radius 1 is 1.50 bits per heavy atom. The fraction of sp³-hybridized carbons (Fsp3) is 0.583. The molecule has 4 heteroatoms. The minimum atomic E-state index is 0.231. The molecule has 90 valence electrons. The lowest BCUT2D eigenvalue weighted by molar-refractivity contribution is 0.265. The maximum Gasteiger partial charge on any atom is 0.215 e. The average molecular weight is 224 g/mol. The molecule has 0 spiro atoms. The highest BCUT2D eigenvalue weighted by molar-refractivity contribution is 5.36. The molecule has 1 rings (SSSR count). The van der Waals surface area contributed by atoms with Gasteiger partial charge in [0.1, 0.15) is 5.82 Å².